The van der Waals surface area contributed by atoms with Crippen molar-refractivity contribution in [2.24, 2.45) is 17.1 Å². The van der Waals surface area contributed by atoms with Gasteiger partial charge in [-0.25, -0.2) is 0 Å². The zero-order valence-corrected chi connectivity index (χ0v) is 6.71. The van der Waals surface area contributed by atoms with E-state index < -0.39 is 0 Å². The zero-order valence-electron chi connectivity index (χ0n) is 6.71. The van der Waals surface area contributed by atoms with Crippen LogP contribution in [0.15, 0.2) is 0 Å². The molecule has 2 rings (SSSR count). The third-order valence-corrected chi connectivity index (χ3v) is 3.49. The highest BCUT2D eigenvalue weighted by molar-refractivity contribution is 5.04. The second-order valence-corrected chi connectivity index (χ2v) is 3.86. The van der Waals surface area contributed by atoms with Crippen molar-refractivity contribution in [1.29, 1.82) is 0 Å². The highest BCUT2D eigenvalue weighted by Crippen LogP contribution is 2.44. The summed E-state index contributed by atoms with van der Waals surface area (Å²) in [5, 5.41) is 13.0. The van der Waals surface area contributed by atoms with E-state index in [2.05, 4.69) is 5.32 Å². The summed E-state index contributed by atoms with van der Waals surface area (Å²) in [5.74, 6) is 0.627. The van der Waals surface area contributed by atoms with Crippen molar-refractivity contribution in [3.8, 4) is 0 Å². The van der Waals surface area contributed by atoms with Crippen LogP contribution >= 0.6 is 0 Å². The molecule has 1 heterocycles. The van der Waals surface area contributed by atoms with Gasteiger partial charge in [0.25, 0.3) is 0 Å². The van der Waals surface area contributed by atoms with Crippen LogP contribution in [0.5, 0.6) is 0 Å². The van der Waals surface area contributed by atoms with E-state index in [9.17, 15) is 5.11 Å². The number of nitrogens with one attached hydrogen (secondary N) is 1. The van der Waals surface area contributed by atoms with Gasteiger partial charge in [-0.3, -0.25) is 0 Å². The third-order valence-electron chi connectivity index (χ3n) is 3.49. The van der Waals surface area contributed by atoms with E-state index >= 15 is 0 Å². The van der Waals surface area contributed by atoms with Crippen LogP contribution in [-0.2, 0) is 0 Å². The van der Waals surface area contributed by atoms with Gasteiger partial charge < -0.3 is 16.2 Å². The molecule has 1 saturated carbocycles. The van der Waals surface area contributed by atoms with Crippen LogP contribution < -0.4 is 11.1 Å². The number of nitrogens with two attached hydrogens (primary N) is 1. The van der Waals surface area contributed by atoms with E-state index in [0.717, 1.165) is 25.9 Å². The molecule has 1 aliphatic carbocycles. The van der Waals surface area contributed by atoms with Gasteiger partial charge in [0.05, 0.1) is 6.10 Å². The Balaban J connectivity index is 2.22. The van der Waals surface area contributed by atoms with Gasteiger partial charge in [-0.15, -0.1) is 0 Å². The topological polar surface area (TPSA) is 58.3 Å². The van der Waals surface area contributed by atoms with Gasteiger partial charge in [0.2, 0.25) is 0 Å². The first kappa shape index (κ1) is 7.53. The molecule has 11 heavy (non-hydrogen) atoms. The molecule has 1 aliphatic heterocycles. The Morgan fingerprint density at radius 1 is 1.55 bits per heavy atom. The average molecular weight is 156 g/mol. The maximum atomic E-state index is 9.73. The number of hydrogen-bond acceptors (Lipinski definition) is 3. The largest absolute Gasteiger partial charge is 0.392 e. The van der Waals surface area contributed by atoms with Crippen LogP contribution in [0.1, 0.15) is 12.8 Å². The lowest BCUT2D eigenvalue weighted by Gasteiger charge is -2.30. The lowest BCUT2D eigenvalue weighted by molar-refractivity contribution is 0.0563. The van der Waals surface area contributed by atoms with Crippen molar-refractivity contribution in [1.82, 2.24) is 5.32 Å². The van der Waals surface area contributed by atoms with Crippen molar-refractivity contribution < 1.29 is 5.11 Å². The number of rotatable bonds is 1. The SMILES string of the molecule is NC[C@]12CNC[C@H]1CCC2O. The summed E-state index contributed by atoms with van der Waals surface area (Å²) in [6.45, 7) is 2.59. The number of fused-ring (bicyclic) bond motifs is 1. The van der Waals surface area contributed by atoms with E-state index in [1.54, 1.807) is 0 Å². The maximum Gasteiger partial charge on any atom is 0.0624 e. The van der Waals surface area contributed by atoms with E-state index in [0.29, 0.717) is 12.5 Å². The fourth-order valence-corrected chi connectivity index (χ4v) is 2.63. The summed E-state index contributed by atoms with van der Waals surface area (Å²) in [4.78, 5) is 0. The molecule has 3 heteroatoms. The van der Waals surface area contributed by atoms with Crippen molar-refractivity contribution >= 4 is 0 Å². The summed E-state index contributed by atoms with van der Waals surface area (Å²) in [6.07, 6.45) is 1.93. The van der Waals surface area contributed by atoms with E-state index in [1.165, 1.54) is 0 Å². The molecular weight excluding hydrogens is 140 g/mol. The smallest absolute Gasteiger partial charge is 0.0624 e. The molecule has 0 bridgehead atoms. The molecule has 64 valence electrons. The van der Waals surface area contributed by atoms with Gasteiger partial charge >= 0.3 is 0 Å². The van der Waals surface area contributed by atoms with Crippen molar-refractivity contribution in [3.63, 3.8) is 0 Å². The highest BCUT2D eigenvalue weighted by atomic mass is 16.3. The molecule has 3 nitrogen and oxygen atoms in total. The van der Waals surface area contributed by atoms with Crippen LogP contribution in [0.3, 0.4) is 0 Å². The molecule has 2 aliphatic rings. The Kier molecular flexibility index (Phi) is 1.67. The van der Waals surface area contributed by atoms with Gasteiger partial charge in [-0.1, -0.05) is 0 Å². The minimum absolute atomic E-state index is 0.0278. The zero-order chi connectivity index (χ0) is 7.90. The monoisotopic (exact) mass is 156 g/mol. The average Bonchev–Trinajstić information content (AvgIpc) is 2.53. The Labute approximate surface area is 67.0 Å². The summed E-state index contributed by atoms with van der Waals surface area (Å²) in [5.41, 5.74) is 5.73. The predicted octanol–water partition coefficient (Wildman–Crippen LogP) is -0.694. The minimum atomic E-state index is -0.160. The molecule has 2 fully saturated rings. The Hall–Kier alpha value is -0.120. The molecule has 1 saturated heterocycles. The normalized spacial score (nSPS) is 49.6. The van der Waals surface area contributed by atoms with Gasteiger partial charge in [0.15, 0.2) is 0 Å². The number of aliphatic hydroxyl groups is 1. The summed E-state index contributed by atoms with van der Waals surface area (Å²) >= 11 is 0. The Bertz CT molecular complexity index is 162. The highest BCUT2D eigenvalue weighted by Gasteiger charge is 2.51. The van der Waals surface area contributed by atoms with E-state index in [1.807, 2.05) is 0 Å². The van der Waals surface area contributed by atoms with Gasteiger partial charge in [-0.05, 0) is 25.3 Å². The molecule has 0 aromatic heterocycles. The molecule has 1 unspecified atom stereocenters. The lowest BCUT2D eigenvalue weighted by Crippen LogP contribution is -2.43. The maximum absolute atomic E-state index is 9.73. The lowest BCUT2D eigenvalue weighted by atomic mass is 9.79. The minimum Gasteiger partial charge on any atom is -0.392 e. The number of hydrogen-bond donors (Lipinski definition) is 3. The van der Waals surface area contributed by atoms with Crippen LogP contribution in [0.2, 0.25) is 0 Å². The summed E-state index contributed by atoms with van der Waals surface area (Å²) < 4.78 is 0. The standard InChI is InChI=1S/C8H16N2O/c9-4-8-5-10-3-6(8)1-2-7(8)11/h6-7,10-11H,1-5,9H2/t6-,7?,8+/m1/s1. The van der Waals surface area contributed by atoms with Gasteiger partial charge in [0, 0.05) is 18.5 Å². The Morgan fingerprint density at radius 3 is 3.00 bits per heavy atom. The molecule has 0 aromatic carbocycles. The van der Waals surface area contributed by atoms with E-state index in [-0.39, 0.29) is 11.5 Å². The first-order valence-corrected chi connectivity index (χ1v) is 4.38. The molecular formula is C8H16N2O. The Morgan fingerprint density at radius 2 is 2.36 bits per heavy atom. The van der Waals surface area contributed by atoms with Crippen LogP contribution in [-0.4, -0.2) is 30.8 Å². The second-order valence-electron chi connectivity index (χ2n) is 3.86. The van der Waals surface area contributed by atoms with Gasteiger partial charge in [-0.2, -0.15) is 0 Å². The van der Waals surface area contributed by atoms with Crippen molar-refractivity contribution in [3.05, 3.63) is 0 Å². The van der Waals surface area contributed by atoms with Crippen LogP contribution in [0.4, 0.5) is 0 Å². The van der Waals surface area contributed by atoms with Crippen molar-refractivity contribution in [2.75, 3.05) is 19.6 Å². The molecule has 0 aromatic rings. The molecule has 0 radical (unpaired) electrons. The molecule has 0 spiro atoms. The van der Waals surface area contributed by atoms with Crippen molar-refractivity contribution in [2.45, 2.75) is 18.9 Å². The second kappa shape index (κ2) is 2.44. The summed E-state index contributed by atoms with van der Waals surface area (Å²) in [6, 6.07) is 0. The fourth-order valence-electron chi connectivity index (χ4n) is 2.63. The molecule has 0 amide bonds. The van der Waals surface area contributed by atoms with Crippen LogP contribution in [0, 0.1) is 11.3 Å². The third kappa shape index (κ3) is 0.849. The van der Waals surface area contributed by atoms with Gasteiger partial charge in [0.1, 0.15) is 0 Å². The first-order chi connectivity index (χ1) is 5.29. The molecule has 4 N–H and O–H groups in total. The predicted molar refractivity (Wildman–Crippen MR) is 43.1 cm³/mol. The van der Waals surface area contributed by atoms with Crippen LogP contribution in [0.25, 0.3) is 0 Å². The van der Waals surface area contributed by atoms with E-state index in [4.69, 9.17) is 5.73 Å². The molecule has 3 atom stereocenters. The first-order valence-electron chi connectivity index (χ1n) is 4.38. The fraction of sp³-hybridized carbons (Fsp3) is 1.00. The quantitative estimate of drug-likeness (QED) is 0.471. The summed E-state index contributed by atoms with van der Waals surface area (Å²) in [7, 11) is 0. The number of aliphatic hydroxyl groups excluding tert-OH is 1.